The number of benzene rings is 3. The molecule has 0 fully saturated rings. The highest BCUT2D eigenvalue weighted by molar-refractivity contribution is 7.99. The quantitative estimate of drug-likeness (QED) is 0.595. The summed E-state index contributed by atoms with van der Waals surface area (Å²) in [6.45, 7) is 0. The second-order valence-electron chi connectivity index (χ2n) is 5.85. The number of hydrogen-bond donors (Lipinski definition) is 1. The zero-order valence-electron chi connectivity index (χ0n) is 14.7. The zero-order chi connectivity index (χ0) is 20.4. The third-order valence-corrected chi connectivity index (χ3v) is 6.55. The number of rotatable bonds is 5. The summed E-state index contributed by atoms with van der Waals surface area (Å²) in [5.74, 6) is 0. The van der Waals surface area contributed by atoms with Crippen LogP contribution in [0.15, 0.2) is 87.5 Å². The van der Waals surface area contributed by atoms with Crippen LogP contribution < -0.4 is 4.72 Å². The molecule has 0 amide bonds. The van der Waals surface area contributed by atoms with Crippen LogP contribution in [0, 0.1) is 0 Å². The Labute approximate surface area is 165 Å². The minimum absolute atomic E-state index is 0.159. The first-order chi connectivity index (χ1) is 13.2. The van der Waals surface area contributed by atoms with Crippen molar-refractivity contribution in [2.45, 2.75) is 20.9 Å². The molecule has 0 saturated heterocycles. The maximum atomic E-state index is 12.7. The second-order valence-corrected chi connectivity index (χ2v) is 8.85. The lowest BCUT2D eigenvalue weighted by Crippen LogP contribution is -2.18. The molecule has 0 radical (unpaired) electrons. The zero-order valence-corrected chi connectivity index (χ0v) is 16.3. The van der Waals surface area contributed by atoms with Crippen LogP contribution in [0.2, 0.25) is 0 Å². The van der Waals surface area contributed by atoms with E-state index in [0.29, 0.717) is 4.90 Å². The fraction of sp³-hybridized carbons (Fsp3) is 0.100. The van der Waals surface area contributed by atoms with Gasteiger partial charge in [-0.3, -0.25) is 0 Å². The summed E-state index contributed by atoms with van der Waals surface area (Å²) in [4.78, 5) is 1.69. The molecule has 1 N–H and O–H groups in total. The standard InChI is InChI=1S/C20H16F3NO2S2/c1-24-28(25,26)17-12-6-14(7-13-17)18-4-2-3-5-19(18)27-16-10-8-15(9-11-16)20(21,22)23/h2-13,24H,1H3. The van der Waals surface area contributed by atoms with Gasteiger partial charge in [-0.1, -0.05) is 42.1 Å². The Balaban J connectivity index is 1.90. The highest BCUT2D eigenvalue weighted by Gasteiger charge is 2.30. The van der Waals surface area contributed by atoms with Crippen LogP contribution in [0.5, 0.6) is 0 Å². The van der Waals surface area contributed by atoms with Crippen LogP contribution in [-0.4, -0.2) is 15.5 Å². The summed E-state index contributed by atoms with van der Waals surface area (Å²) in [6, 6.07) is 18.9. The smallest absolute Gasteiger partial charge is 0.214 e. The molecular weight excluding hydrogens is 407 g/mol. The Morgan fingerprint density at radius 3 is 2.04 bits per heavy atom. The first kappa shape index (κ1) is 20.4. The molecule has 0 spiro atoms. The van der Waals surface area contributed by atoms with Crippen LogP contribution in [-0.2, 0) is 16.2 Å². The van der Waals surface area contributed by atoms with Gasteiger partial charge in [0.2, 0.25) is 10.0 Å². The van der Waals surface area contributed by atoms with Gasteiger partial charge < -0.3 is 0 Å². The van der Waals surface area contributed by atoms with Crippen molar-refractivity contribution in [1.82, 2.24) is 4.72 Å². The normalized spacial score (nSPS) is 12.1. The Hall–Kier alpha value is -2.29. The molecule has 28 heavy (non-hydrogen) atoms. The van der Waals surface area contributed by atoms with Crippen molar-refractivity contribution in [3.8, 4) is 11.1 Å². The van der Waals surface area contributed by atoms with Gasteiger partial charge in [-0.05, 0) is 60.6 Å². The van der Waals surface area contributed by atoms with Crippen LogP contribution in [0.25, 0.3) is 11.1 Å². The number of halogens is 3. The van der Waals surface area contributed by atoms with Gasteiger partial charge in [-0.25, -0.2) is 13.1 Å². The molecule has 3 rings (SSSR count). The molecule has 0 atom stereocenters. The largest absolute Gasteiger partial charge is 0.416 e. The summed E-state index contributed by atoms with van der Waals surface area (Å²) < 4.78 is 64.1. The van der Waals surface area contributed by atoms with Crippen molar-refractivity contribution in [3.05, 3.63) is 78.4 Å². The van der Waals surface area contributed by atoms with E-state index in [2.05, 4.69) is 4.72 Å². The molecule has 3 aromatic carbocycles. The molecule has 0 aliphatic carbocycles. The molecule has 0 heterocycles. The fourth-order valence-electron chi connectivity index (χ4n) is 2.56. The van der Waals surface area contributed by atoms with E-state index in [1.54, 1.807) is 12.1 Å². The molecule has 0 bridgehead atoms. The lowest BCUT2D eigenvalue weighted by molar-refractivity contribution is -0.137. The van der Waals surface area contributed by atoms with E-state index in [4.69, 9.17) is 0 Å². The number of alkyl halides is 3. The molecule has 0 aliphatic rings. The van der Waals surface area contributed by atoms with E-state index in [0.717, 1.165) is 28.2 Å². The molecule has 8 heteroatoms. The average molecular weight is 423 g/mol. The molecule has 0 aromatic heterocycles. The topological polar surface area (TPSA) is 46.2 Å². The van der Waals surface area contributed by atoms with Gasteiger partial charge in [0.1, 0.15) is 0 Å². The van der Waals surface area contributed by atoms with E-state index in [1.807, 2.05) is 24.3 Å². The fourth-order valence-corrected chi connectivity index (χ4v) is 4.26. The third kappa shape index (κ3) is 4.57. The maximum absolute atomic E-state index is 12.7. The van der Waals surface area contributed by atoms with Gasteiger partial charge in [-0.2, -0.15) is 13.2 Å². The molecule has 0 saturated carbocycles. The van der Waals surface area contributed by atoms with Crippen LogP contribution in [0.3, 0.4) is 0 Å². The van der Waals surface area contributed by atoms with E-state index in [1.165, 1.54) is 43.1 Å². The predicted molar refractivity (Wildman–Crippen MR) is 104 cm³/mol. The molecule has 3 aromatic rings. The van der Waals surface area contributed by atoms with Crippen LogP contribution in [0.4, 0.5) is 13.2 Å². The molecule has 0 aliphatic heterocycles. The van der Waals surface area contributed by atoms with Gasteiger partial charge >= 0.3 is 6.18 Å². The highest BCUT2D eigenvalue weighted by Crippen LogP contribution is 2.37. The van der Waals surface area contributed by atoms with Gasteiger partial charge in [0.25, 0.3) is 0 Å². The van der Waals surface area contributed by atoms with Gasteiger partial charge in [0.15, 0.2) is 0 Å². The van der Waals surface area contributed by atoms with Crippen molar-refractivity contribution in [2.24, 2.45) is 0 Å². The molecule has 3 nitrogen and oxygen atoms in total. The molecular formula is C20H16F3NO2S2. The second kappa shape index (κ2) is 7.98. The average Bonchev–Trinajstić information content (AvgIpc) is 2.68. The van der Waals surface area contributed by atoms with Gasteiger partial charge in [0.05, 0.1) is 10.5 Å². The van der Waals surface area contributed by atoms with E-state index in [9.17, 15) is 21.6 Å². The highest BCUT2D eigenvalue weighted by atomic mass is 32.2. The minimum atomic E-state index is -4.36. The summed E-state index contributed by atoms with van der Waals surface area (Å²) in [6.07, 6.45) is -4.36. The SMILES string of the molecule is CNS(=O)(=O)c1ccc(-c2ccccc2Sc2ccc(C(F)(F)F)cc2)cc1. The van der Waals surface area contributed by atoms with Crippen molar-refractivity contribution < 1.29 is 21.6 Å². The lowest BCUT2D eigenvalue weighted by Gasteiger charge is -2.11. The summed E-state index contributed by atoms with van der Waals surface area (Å²) >= 11 is 1.34. The number of hydrogen-bond acceptors (Lipinski definition) is 3. The number of nitrogens with one attached hydrogen (secondary N) is 1. The number of sulfonamides is 1. The Morgan fingerprint density at radius 2 is 1.46 bits per heavy atom. The van der Waals surface area contributed by atoms with E-state index >= 15 is 0 Å². The molecule has 0 unspecified atom stereocenters. The van der Waals surface area contributed by atoms with Gasteiger partial charge in [0, 0.05) is 9.79 Å². The van der Waals surface area contributed by atoms with Crippen LogP contribution in [0.1, 0.15) is 5.56 Å². The Morgan fingerprint density at radius 1 is 0.857 bits per heavy atom. The monoisotopic (exact) mass is 423 g/mol. The van der Waals surface area contributed by atoms with Crippen molar-refractivity contribution in [3.63, 3.8) is 0 Å². The first-order valence-electron chi connectivity index (χ1n) is 8.19. The summed E-state index contributed by atoms with van der Waals surface area (Å²) in [7, 11) is -2.17. The van der Waals surface area contributed by atoms with E-state index < -0.39 is 21.8 Å². The maximum Gasteiger partial charge on any atom is 0.416 e. The van der Waals surface area contributed by atoms with Crippen molar-refractivity contribution >= 4 is 21.8 Å². The Kier molecular flexibility index (Phi) is 5.83. The van der Waals surface area contributed by atoms with E-state index in [-0.39, 0.29) is 4.90 Å². The first-order valence-corrected chi connectivity index (χ1v) is 10.5. The van der Waals surface area contributed by atoms with Crippen molar-refractivity contribution in [2.75, 3.05) is 7.05 Å². The lowest BCUT2D eigenvalue weighted by atomic mass is 10.1. The predicted octanol–water partition coefficient (Wildman–Crippen LogP) is 5.43. The third-order valence-electron chi connectivity index (χ3n) is 4.04. The summed E-state index contributed by atoms with van der Waals surface area (Å²) in [5.41, 5.74) is 0.984. The summed E-state index contributed by atoms with van der Waals surface area (Å²) in [5, 5.41) is 0. The minimum Gasteiger partial charge on any atom is -0.214 e. The van der Waals surface area contributed by atoms with Crippen LogP contribution >= 0.6 is 11.8 Å². The Bertz CT molecular complexity index is 1060. The van der Waals surface area contributed by atoms with Gasteiger partial charge in [-0.15, -0.1) is 0 Å². The van der Waals surface area contributed by atoms with Crippen molar-refractivity contribution in [1.29, 1.82) is 0 Å². The molecule has 146 valence electrons.